The zero-order chi connectivity index (χ0) is 19.5. The summed E-state index contributed by atoms with van der Waals surface area (Å²) in [6, 6.07) is 15.8. The van der Waals surface area contributed by atoms with E-state index in [1.807, 2.05) is 48.5 Å². The van der Waals surface area contributed by atoms with Gasteiger partial charge in [0.1, 0.15) is 17.3 Å². The first-order valence-corrected chi connectivity index (χ1v) is 9.88. The van der Waals surface area contributed by atoms with Crippen LogP contribution in [0.1, 0.15) is 23.5 Å². The summed E-state index contributed by atoms with van der Waals surface area (Å²) in [5, 5.41) is 10.8. The Morgan fingerprint density at radius 2 is 1.79 bits per heavy atom. The number of aromatic nitrogens is 6. The fourth-order valence-corrected chi connectivity index (χ4v) is 3.61. The third-order valence-electron chi connectivity index (χ3n) is 5.05. The summed E-state index contributed by atoms with van der Waals surface area (Å²) in [6.45, 7) is 0.717. The van der Waals surface area contributed by atoms with Gasteiger partial charge in [-0.05, 0) is 31.4 Å². The lowest BCUT2D eigenvalue weighted by molar-refractivity contribution is 0.889. The average molecular weight is 383 g/mol. The first-order valence-electron chi connectivity index (χ1n) is 9.88. The van der Waals surface area contributed by atoms with Crippen LogP contribution >= 0.6 is 0 Å². The fraction of sp³-hybridized carbons (Fsp3) is 0.227. The average Bonchev–Trinajstić information content (AvgIpc) is 3.44. The van der Waals surface area contributed by atoms with Crippen molar-refractivity contribution in [2.24, 2.45) is 0 Å². The molecular formula is C22H21N7. The Balaban J connectivity index is 1.31. The van der Waals surface area contributed by atoms with Crippen LogP contribution in [0.3, 0.4) is 0 Å². The lowest BCUT2D eigenvalue weighted by atomic mass is 10.2. The van der Waals surface area contributed by atoms with Crippen molar-refractivity contribution in [3.63, 3.8) is 0 Å². The van der Waals surface area contributed by atoms with Crippen molar-refractivity contribution in [3.8, 4) is 22.9 Å². The first-order chi connectivity index (χ1) is 14.4. The fourth-order valence-electron chi connectivity index (χ4n) is 3.61. The summed E-state index contributed by atoms with van der Waals surface area (Å²) in [6.07, 6.45) is 5.63. The lowest BCUT2D eigenvalue weighted by Crippen LogP contribution is -2.11. The molecular weight excluding hydrogens is 362 g/mol. The number of nitrogens with one attached hydrogen (secondary N) is 2. The largest absolute Gasteiger partial charge is 0.369 e. The molecule has 1 aliphatic carbocycles. The maximum absolute atomic E-state index is 4.77. The van der Waals surface area contributed by atoms with Gasteiger partial charge in [-0.2, -0.15) is 5.10 Å². The number of hydrogen-bond acceptors (Lipinski definition) is 6. The minimum absolute atomic E-state index is 0.680. The van der Waals surface area contributed by atoms with Crippen LogP contribution in [0, 0.1) is 0 Å². The van der Waals surface area contributed by atoms with E-state index in [1.165, 1.54) is 5.56 Å². The van der Waals surface area contributed by atoms with Gasteiger partial charge in [-0.3, -0.25) is 10.1 Å². The summed E-state index contributed by atoms with van der Waals surface area (Å²) in [7, 11) is 0. The molecule has 3 aromatic heterocycles. The van der Waals surface area contributed by atoms with Crippen molar-refractivity contribution in [2.45, 2.75) is 25.7 Å². The van der Waals surface area contributed by atoms with Gasteiger partial charge in [-0.25, -0.2) is 15.0 Å². The summed E-state index contributed by atoms with van der Waals surface area (Å²) in [5.74, 6) is 3.17. The van der Waals surface area contributed by atoms with Crippen LogP contribution in [0.5, 0.6) is 0 Å². The molecule has 29 heavy (non-hydrogen) atoms. The molecule has 1 aliphatic rings. The highest BCUT2D eigenvalue weighted by Crippen LogP contribution is 2.28. The van der Waals surface area contributed by atoms with Gasteiger partial charge in [-0.1, -0.05) is 36.4 Å². The van der Waals surface area contributed by atoms with Gasteiger partial charge in [-0.15, -0.1) is 0 Å². The molecule has 0 saturated heterocycles. The zero-order valence-electron chi connectivity index (χ0n) is 16.0. The number of fused-ring (bicyclic) bond motifs is 1. The van der Waals surface area contributed by atoms with E-state index in [-0.39, 0.29) is 0 Å². The second-order valence-electron chi connectivity index (χ2n) is 7.04. The Hall–Kier alpha value is -3.61. The predicted molar refractivity (Wildman–Crippen MR) is 111 cm³/mol. The molecule has 0 radical (unpaired) electrons. The quantitative estimate of drug-likeness (QED) is 0.530. The number of nitrogens with zero attached hydrogens (tertiary/aromatic N) is 5. The SMILES string of the molecule is c1ccc(-c2n[nH]c(CCNc3nc(-c4ccccn4)nc4c3CCC4)n2)cc1. The highest BCUT2D eigenvalue weighted by Gasteiger charge is 2.20. The summed E-state index contributed by atoms with van der Waals surface area (Å²) < 4.78 is 0. The van der Waals surface area contributed by atoms with Crippen molar-refractivity contribution in [1.82, 2.24) is 30.1 Å². The van der Waals surface area contributed by atoms with Gasteiger partial charge in [0, 0.05) is 36.0 Å². The van der Waals surface area contributed by atoms with Crippen molar-refractivity contribution in [3.05, 3.63) is 71.8 Å². The minimum Gasteiger partial charge on any atom is -0.369 e. The van der Waals surface area contributed by atoms with Crippen LogP contribution in [0.25, 0.3) is 22.9 Å². The van der Waals surface area contributed by atoms with E-state index in [1.54, 1.807) is 6.20 Å². The van der Waals surface area contributed by atoms with Gasteiger partial charge in [0.05, 0.1) is 0 Å². The second kappa shape index (κ2) is 7.79. The molecule has 4 aromatic rings. The van der Waals surface area contributed by atoms with Crippen LogP contribution in [0.15, 0.2) is 54.7 Å². The number of H-pyrrole nitrogens is 1. The van der Waals surface area contributed by atoms with Gasteiger partial charge in [0.2, 0.25) is 0 Å². The minimum atomic E-state index is 0.680. The van der Waals surface area contributed by atoms with Crippen molar-refractivity contribution < 1.29 is 0 Å². The number of benzene rings is 1. The molecule has 0 spiro atoms. The zero-order valence-corrected chi connectivity index (χ0v) is 16.0. The lowest BCUT2D eigenvalue weighted by Gasteiger charge is -2.11. The number of anilines is 1. The molecule has 5 rings (SSSR count). The van der Waals surface area contributed by atoms with Crippen LogP contribution in [-0.2, 0) is 19.3 Å². The summed E-state index contributed by atoms with van der Waals surface area (Å²) in [4.78, 5) is 18.5. The number of aromatic amines is 1. The van der Waals surface area contributed by atoms with Crippen LogP contribution < -0.4 is 5.32 Å². The molecule has 2 N–H and O–H groups in total. The van der Waals surface area contributed by atoms with Crippen molar-refractivity contribution >= 4 is 5.82 Å². The maximum atomic E-state index is 4.77. The standard InChI is InChI=1S/C22H21N7/c1-2-7-15(8-3-1)20-26-19(28-29-20)12-14-24-21-16-9-6-11-17(16)25-22(27-21)18-10-4-5-13-23-18/h1-5,7-8,10,13H,6,9,11-12,14H2,(H,24,25,27)(H,26,28,29). The molecule has 0 fully saturated rings. The predicted octanol–water partition coefficient (Wildman–Crippen LogP) is 3.47. The Kier molecular flexibility index (Phi) is 4.70. The highest BCUT2D eigenvalue weighted by atomic mass is 15.2. The van der Waals surface area contributed by atoms with Crippen molar-refractivity contribution in [1.29, 1.82) is 0 Å². The molecule has 0 unspecified atom stereocenters. The molecule has 0 bridgehead atoms. The van der Waals surface area contributed by atoms with Gasteiger partial charge < -0.3 is 5.32 Å². The van der Waals surface area contributed by atoms with Gasteiger partial charge >= 0.3 is 0 Å². The Bertz CT molecular complexity index is 1110. The van der Waals surface area contributed by atoms with E-state index in [0.717, 1.165) is 60.1 Å². The van der Waals surface area contributed by atoms with Gasteiger partial charge in [0.15, 0.2) is 11.6 Å². The topological polar surface area (TPSA) is 92.3 Å². The van der Waals surface area contributed by atoms with E-state index in [4.69, 9.17) is 9.97 Å². The number of hydrogen-bond donors (Lipinski definition) is 2. The number of aryl methyl sites for hydroxylation is 1. The third kappa shape index (κ3) is 3.71. The first kappa shape index (κ1) is 17.5. The van der Waals surface area contributed by atoms with Crippen LogP contribution in [0.4, 0.5) is 5.82 Å². The normalized spacial score (nSPS) is 12.7. The molecule has 7 heteroatoms. The monoisotopic (exact) mass is 383 g/mol. The van der Waals surface area contributed by atoms with E-state index >= 15 is 0 Å². The Morgan fingerprint density at radius 3 is 2.66 bits per heavy atom. The molecule has 0 atom stereocenters. The van der Waals surface area contributed by atoms with Crippen LogP contribution in [0.2, 0.25) is 0 Å². The van der Waals surface area contributed by atoms with Crippen molar-refractivity contribution in [2.75, 3.05) is 11.9 Å². The van der Waals surface area contributed by atoms with E-state index in [9.17, 15) is 0 Å². The Morgan fingerprint density at radius 1 is 0.897 bits per heavy atom. The smallest absolute Gasteiger partial charge is 0.181 e. The molecule has 0 saturated carbocycles. The summed E-state index contributed by atoms with van der Waals surface area (Å²) >= 11 is 0. The number of pyridine rings is 1. The third-order valence-corrected chi connectivity index (χ3v) is 5.05. The van der Waals surface area contributed by atoms with E-state index < -0.39 is 0 Å². The van der Waals surface area contributed by atoms with E-state index in [2.05, 4.69) is 25.5 Å². The molecule has 3 heterocycles. The molecule has 7 nitrogen and oxygen atoms in total. The molecule has 0 aliphatic heterocycles. The molecule has 144 valence electrons. The van der Waals surface area contributed by atoms with E-state index in [0.29, 0.717) is 12.4 Å². The Labute approximate surface area is 168 Å². The summed E-state index contributed by atoms with van der Waals surface area (Å²) in [5.41, 5.74) is 4.17. The second-order valence-corrected chi connectivity index (χ2v) is 7.04. The van der Waals surface area contributed by atoms with Crippen LogP contribution in [-0.4, -0.2) is 36.7 Å². The molecule has 0 amide bonds. The van der Waals surface area contributed by atoms with Gasteiger partial charge in [0.25, 0.3) is 0 Å². The number of rotatable bonds is 6. The highest BCUT2D eigenvalue weighted by molar-refractivity contribution is 5.58. The molecule has 1 aromatic carbocycles. The maximum Gasteiger partial charge on any atom is 0.181 e.